The van der Waals surface area contributed by atoms with Crippen molar-refractivity contribution in [2.24, 2.45) is 7.05 Å². The predicted molar refractivity (Wildman–Crippen MR) is 104 cm³/mol. The van der Waals surface area contributed by atoms with Gasteiger partial charge in [0.2, 0.25) is 0 Å². The summed E-state index contributed by atoms with van der Waals surface area (Å²) in [5.41, 5.74) is 6.41. The quantitative estimate of drug-likeness (QED) is 0.523. The van der Waals surface area contributed by atoms with Crippen LogP contribution >= 0.6 is 0 Å². The Balaban J connectivity index is 1.94. The molecule has 0 fully saturated rings. The molecule has 4 aromatic rings. The van der Waals surface area contributed by atoms with Crippen LogP contribution in [-0.2, 0) is 7.05 Å². The Hall–Kier alpha value is -3.07. The van der Waals surface area contributed by atoms with Crippen LogP contribution in [0.5, 0.6) is 5.75 Å². The van der Waals surface area contributed by atoms with Crippen molar-refractivity contribution >= 4 is 27.4 Å². The third-order valence-corrected chi connectivity index (χ3v) is 4.69. The largest absolute Gasteiger partial charge is 0.497 e. The maximum atomic E-state index is 5.36. The average molecular weight is 328 g/mol. The van der Waals surface area contributed by atoms with Crippen molar-refractivity contribution in [3.8, 4) is 5.75 Å². The van der Waals surface area contributed by atoms with E-state index < -0.39 is 0 Å². The summed E-state index contributed by atoms with van der Waals surface area (Å²) in [5, 5.41) is 2.30. The summed E-state index contributed by atoms with van der Waals surface area (Å²) >= 11 is 0. The summed E-state index contributed by atoms with van der Waals surface area (Å²) in [6.07, 6.45) is 2.14. The Bertz CT molecular complexity index is 1120. The van der Waals surface area contributed by atoms with E-state index in [1.165, 1.54) is 5.39 Å². The first-order chi connectivity index (χ1) is 12.1. The lowest BCUT2D eigenvalue weighted by atomic mass is 9.95. The zero-order valence-electron chi connectivity index (χ0n) is 14.7. The molecule has 3 heteroatoms. The number of benzene rings is 2. The Morgan fingerprint density at radius 1 is 1.04 bits per heavy atom. The van der Waals surface area contributed by atoms with Gasteiger partial charge < -0.3 is 9.30 Å². The number of aryl methyl sites for hydroxylation is 2. The van der Waals surface area contributed by atoms with Crippen molar-refractivity contribution in [2.45, 2.75) is 6.92 Å². The average Bonchev–Trinajstić information content (AvgIpc) is 2.96. The summed E-state index contributed by atoms with van der Waals surface area (Å²) in [6.45, 7) is 6.45. The molecular formula is C22H20N2O. The second-order valence-electron chi connectivity index (χ2n) is 6.34. The van der Waals surface area contributed by atoms with Crippen molar-refractivity contribution in [1.29, 1.82) is 0 Å². The third-order valence-electron chi connectivity index (χ3n) is 4.69. The molecule has 0 amide bonds. The van der Waals surface area contributed by atoms with Gasteiger partial charge in [-0.2, -0.15) is 0 Å². The first-order valence-electron chi connectivity index (χ1n) is 8.27. The van der Waals surface area contributed by atoms with Crippen LogP contribution in [0.1, 0.15) is 16.8 Å². The number of methoxy groups -OCH3 is 1. The van der Waals surface area contributed by atoms with E-state index in [0.717, 1.165) is 44.6 Å². The van der Waals surface area contributed by atoms with Crippen LogP contribution < -0.4 is 4.74 Å². The Labute approximate surface area is 147 Å². The summed E-state index contributed by atoms with van der Waals surface area (Å²) in [5.74, 6) is 0.857. The number of ether oxygens (including phenoxy) is 1. The predicted octanol–water partition coefficient (Wildman–Crippen LogP) is 5.11. The first kappa shape index (κ1) is 15.5. The number of hydrogen-bond acceptors (Lipinski definition) is 2. The summed E-state index contributed by atoms with van der Waals surface area (Å²) in [4.78, 5) is 4.64. The van der Waals surface area contributed by atoms with E-state index in [1.807, 2.05) is 31.2 Å². The van der Waals surface area contributed by atoms with Gasteiger partial charge in [-0.3, -0.25) is 4.98 Å². The van der Waals surface area contributed by atoms with Gasteiger partial charge in [0.05, 0.1) is 18.1 Å². The molecule has 4 rings (SSSR count). The van der Waals surface area contributed by atoms with Crippen molar-refractivity contribution < 1.29 is 4.74 Å². The van der Waals surface area contributed by atoms with Gasteiger partial charge in [0.15, 0.2) is 0 Å². The van der Waals surface area contributed by atoms with Gasteiger partial charge in [-0.1, -0.05) is 24.8 Å². The van der Waals surface area contributed by atoms with Crippen molar-refractivity contribution in [3.05, 3.63) is 78.1 Å². The van der Waals surface area contributed by atoms with Crippen LogP contribution in [0.2, 0.25) is 0 Å². The molecule has 0 N–H and O–H groups in total. The highest BCUT2D eigenvalue weighted by Gasteiger charge is 2.14. The lowest BCUT2D eigenvalue weighted by molar-refractivity contribution is 0.415. The van der Waals surface area contributed by atoms with Gasteiger partial charge >= 0.3 is 0 Å². The molecule has 25 heavy (non-hydrogen) atoms. The molecule has 2 aromatic heterocycles. The van der Waals surface area contributed by atoms with E-state index in [1.54, 1.807) is 7.11 Å². The van der Waals surface area contributed by atoms with Crippen molar-refractivity contribution in [1.82, 2.24) is 9.55 Å². The van der Waals surface area contributed by atoms with Crippen LogP contribution in [0.4, 0.5) is 0 Å². The highest BCUT2D eigenvalue weighted by molar-refractivity contribution is 6.02. The molecule has 0 aliphatic heterocycles. The molecule has 2 aromatic carbocycles. The van der Waals surface area contributed by atoms with Gasteiger partial charge in [-0.25, -0.2) is 0 Å². The minimum atomic E-state index is 0.857. The van der Waals surface area contributed by atoms with E-state index >= 15 is 0 Å². The number of para-hydroxylation sites is 1. The van der Waals surface area contributed by atoms with Gasteiger partial charge in [-0.05, 0) is 42.3 Å². The maximum absolute atomic E-state index is 5.36. The molecule has 0 atom stereocenters. The fraction of sp³-hybridized carbons (Fsp3) is 0.136. The molecule has 2 heterocycles. The smallest absolute Gasteiger partial charge is 0.120 e. The summed E-state index contributed by atoms with van der Waals surface area (Å²) < 4.78 is 7.48. The molecule has 0 saturated carbocycles. The molecule has 0 spiro atoms. The van der Waals surface area contributed by atoms with Crippen molar-refractivity contribution in [3.63, 3.8) is 0 Å². The van der Waals surface area contributed by atoms with Gasteiger partial charge in [-0.15, -0.1) is 0 Å². The molecule has 124 valence electrons. The summed E-state index contributed by atoms with van der Waals surface area (Å²) in [6, 6.07) is 16.5. The molecule has 0 saturated heterocycles. The van der Waals surface area contributed by atoms with Crippen molar-refractivity contribution in [2.75, 3.05) is 7.11 Å². The SMILES string of the molecule is C=C(c1cc(C)nc2ccccc12)c1cn(C)c2cc(OC)ccc12. The molecule has 0 unspecified atom stereocenters. The third kappa shape index (κ3) is 2.49. The fourth-order valence-electron chi connectivity index (χ4n) is 3.43. The Morgan fingerprint density at radius 2 is 1.84 bits per heavy atom. The van der Waals surface area contributed by atoms with Crippen LogP contribution in [0, 0.1) is 6.92 Å². The van der Waals surface area contributed by atoms with Crippen LogP contribution in [0.25, 0.3) is 27.4 Å². The second kappa shape index (κ2) is 5.78. The first-order valence-corrected chi connectivity index (χ1v) is 8.27. The molecule has 3 nitrogen and oxygen atoms in total. The Morgan fingerprint density at radius 3 is 2.64 bits per heavy atom. The lowest BCUT2D eigenvalue weighted by Crippen LogP contribution is -1.92. The molecular weight excluding hydrogens is 308 g/mol. The topological polar surface area (TPSA) is 27.1 Å². The van der Waals surface area contributed by atoms with E-state index in [4.69, 9.17) is 4.74 Å². The van der Waals surface area contributed by atoms with Crippen LogP contribution in [0.3, 0.4) is 0 Å². The number of rotatable bonds is 3. The number of pyridine rings is 1. The zero-order valence-corrected chi connectivity index (χ0v) is 14.7. The molecule has 0 aliphatic rings. The van der Waals surface area contributed by atoms with Crippen LogP contribution in [-0.4, -0.2) is 16.7 Å². The lowest BCUT2D eigenvalue weighted by Gasteiger charge is -2.10. The molecule has 0 bridgehead atoms. The molecule has 0 aliphatic carbocycles. The Kier molecular flexibility index (Phi) is 3.57. The normalized spacial score (nSPS) is 11.2. The van der Waals surface area contributed by atoms with E-state index in [0.29, 0.717) is 0 Å². The summed E-state index contributed by atoms with van der Waals surface area (Å²) in [7, 11) is 3.74. The minimum absolute atomic E-state index is 0.857. The monoisotopic (exact) mass is 328 g/mol. The fourth-order valence-corrected chi connectivity index (χ4v) is 3.43. The zero-order chi connectivity index (χ0) is 17.6. The number of fused-ring (bicyclic) bond motifs is 2. The van der Waals surface area contributed by atoms with E-state index in [-0.39, 0.29) is 0 Å². The number of aromatic nitrogens is 2. The molecule has 0 radical (unpaired) electrons. The minimum Gasteiger partial charge on any atom is -0.497 e. The van der Waals surface area contributed by atoms with Crippen LogP contribution in [0.15, 0.2) is 61.3 Å². The number of nitrogens with zero attached hydrogens (tertiary/aromatic N) is 2. The number of hydrogen-bond donors (Lipinski definition) is 0. The standard InChI is InChI=1S/C22H20N2O/c1-14-11-19(17-7-5-6-8-21(17)23-14)15(2)20-13-24(3)22-12-16(25-4)9-10-18(20)22/h5-13H,2H2,1,3-4H3. The van der Waals surface area contributed by atoms with Gasteiger partial charge in [0, 0.05) is 41.3 Å². The van der Waals surface area contributed by atoms with E-state index in [2.05, 4.69) is 53.6 Å². The second-order valence-corrected chi connectivity index (χ2v) is 6.34. The maximum Gasteiger partial charge on any atom is 0.120 e. The van der Waals surface area contributed by atoms with Gasteiger partial charge in [0.25, 0.3) is 0 Å². The van der Waals surface area contributed by atoms with E-state index in [9.17, 15) is 0 Å². The highest BCUT2D eigenvalue weighted by atomic mass is 16.5. The highest BCUT2D eigenvalue weighted by Crippen LogP contribution is 2.34. The van der Waals surface area contributed by atoms with Gasteiger partial charge in [0.1, 0.15) is 5.75 Å².